The average Bonchev–Trinajstić information content (AvgIpc) is 2.37. The fraction of sp³-hybridized carbons (Fsp3) is 0.818. The van der Waals surface area contributed by atoms with Crippen molar-refractivity contribution in [1.82, 2.24) is 15.5 Å². The molecule has 1 aliphatic heterocycles. The van der Waals surface area contributed by atoms with Crippen LogP contribution in [-0.2, 0) is 9.53 Å². The number of hydrogen-bond acceptors (Lipinski definition) is 4. The van der Waals surface area contributed by atoms with Gasteiger partial charge in [-0.3, -0.25) is 9.69 Å². The van der Waals surface area contributed by atoms with E-state index in [1.54, 1.807) is 6.92 Å². The maximum atomic E-state index is 11.4. The largest absolute Gasteiger partial charge is 0.481 e. The maximum absolute atomic E-state index is 11.4. The van der Waals surface area contributed by atoms with E-state index in [0.29, 0.717) is 6.54 Å². The van der Waals surface area contributed by atoms with Gasteiger partial charge in [0, 0.05) is 32.7 Å². The number of ether oxygens (including phenoxy) is 1. The topological polar surface area (TPSA) is 90.9 Å². The highest BCUT2D eigenvalue weighted by molar-refractivity contribution is 5.75. The molecule has 3 N–H and O–H groups in total. The summed E-state index contributed by atoms with van der Waals surface area (Å²) in [5.74, 6) is -1.49. The third kappa shape index (κ3) is 5.83. The van der Waals surface area contributed by atoms with Crippen LogP contribution >= 0.6 is 0 Å². The van der Waals surface area contributed by atoms with Gasteiger partial charge in [-0.2, -0.15) is 0 Å². The van der Waals surface area contributed by atoms with Crippen molar-refractivity contribution in [3.05, 3.63) is 0 Å². The summed E-state index contributed by atoms with van der Waals surface area (Å²) >= 11 is 0. The molecule has 2 amide bonds. The zero-order valence-electron chi connectivity index (χ0n) is 10.6. The molecule has 1 atom stereocenters. The van der Waals surface area contributed by atoms with Crippen LogP contribution in [0.1, 0.15) is 6.92 Å². The molecule has 0 saturated carbocycles. The molecular formula is C11H21N3O4. The molecule has 0 aromatic heterocycles. The van der Waals surface area contributed by atoms with E-state index in [9.17, 15) is 9.59 Å². The standard InChI is InChI=1S/C11H21N3O4/c1-9(10(15)16)8-13-11(17)12-2-3-14-4-6-18-7-5-14/h9H,2-8H2,1H3,(H,15,16)(H2,12,13,17). The van der Waals surface area contributed by atoms with Gasteiger partial charge in [-0.15, -0.1) is 0 Å². The van der Waals surface area contributed by atoms with E-state index in [2.05, 4.69) is 15.5 Å². The van der Waals surface area contributed by atoms with Crippen molar-refractivity contribution in [2.75, 3.05) is 45.9 Å². The molecular weight excluding hydrogens is 238 g/mol. The minimum Gasteiger partial charge on any atom is -0.481 e. The van der Waals surface area contributed by atoms with Gasteiger partial charge in [-0.25, -0.2) is 4.79 Å². The number of aliphatic carboxylic acids is 1. The Morgan fingerprint density at radius 2 is 2.00 bits per heavy atom. The number of nitrogens with one attached hydrogen (secondary N) is 2. The summed E-state index contributed by atoms with van der Waals surface area (Å²) in [5, 5.41) is 13.9. The van der Waals surface area contributed by atoms with Gasteiger partial charge < -0.3 is 20.5 Å². The monoisotopic (exact) mass is 259 g/mol. The van der Waals surface area contributed by atoms with Crippen LogP contribution in [0, 0.1) is 5.92 Å². The van der Waals surface area contributed by atoms with Crippen molar-refractivity contribution in [2.45, 2.75) is 6.92 Å². The minimum atomic E-state index is -0.913. The van der Waals surface area contributed by atoms with Gasteiger partial charge in [0.2, 0.25) is 0 Å². The lowest BCUT2D eigenvalue weighted by Gasteiger charge is -2.26. The molecule has 18 heavy (non-hydrogen) atoms. The fourth-order valence-corrected chi connectivity index (χ4v) is 1.55. The van der Waals surface area contributed by atoms with Crippen molar-refractivity contribution in [3.63, 3.8) is 0 Å². The quantitative estimate of drug-likeness (QED) is 0.589. The van der Waals surface area contributed by atoms with E-state index in [4.69, 9.17) is 9.84 Å². The summed E-state index contributed by atoms with van der Waals surface area (Å²) in [4.78, 5) is 24.1. The molecule has 1 rings (SSSR count). The SMILES string of the molecule is CC(CNC(=O)NCCN1CCOCC1)C(=O)O. The fourth-order valence-electron chi connectivity index (χ4n) is 1.55. The minimum absolute atomic E-state index is 0.138. The number of carboxylic acid groups (broad SMARTS) is 1. The van der Waals surface area contributed by atoms with Crippen molar-refractivity contribution in [1.29, 1.82) is 0 Å². The molecule has 7 heteroatoms. The Hall–Kier alpha value is -1.34. The molecule has 0 spiro atoms. The predicted molar refractivity (Wildman–Crippen MR) is 65.5 cm³/mol. The second-order valence-electron chi connectivity index (χ2n) is 4.33. The molecule has 1 heterocycles. The van der Waals surface area contributed by atoms with Crippen LogP contribution in [0.3, 0.4) is 0 Å². The first kappa shape index (κ1) is 14.7. The predicted octanol–water partition coefficient (Wildman–Crippen LogP) is -0.661. The molecule has 7 nitrogen and oxygen atoms in total. The van der Waals surface area contributed by atoms with Gasteiger partial charge >= 0.3 is 12.0 Å². The normalized spacial score (nSPS) is 18.1. The Bertz CT molecular complexity index is 279. The van der Waals surface area contributed by atoms with E-state index in [1.165, 1.54) is 0 Å². The Balaban J connectivity index is 2.04. The average molecular weight is 259 g/mol. The lowest BCUT2D eigenvalue weighted by molar-refractivity contribution is -0.140. The molecule has 0 aromatic rings. The van der Waals surface area contributed by atoms with Crippen molar-refractivity contribution in [3.8, 4) is 0 Å². The van der Waals surface area contributed by atoms with E-state index < -0.39 is 11.9 Å². The third-order valence-corrected chi connectivity index (χ3v) is 2.81. The lowest BCUT2D eigenvalue weighted by Crippen LogP contribution is -2.44. The number of carboxylic acids is 1. The Kier molecular flexibility index (Phi) is 6.45. The number of rotatable bonds is 6. The summed E-state index contributed by atoms with van der Waals surface area (Å²) in [7, 11) is 0. The first-order valence-corrected chi connectivity index (χ1v) is 6.14. The van der Waals surface area contributed by atoms with Gasteiger partial charge in [0.15, 0.2) is 0 Å². The molecule has 1 aliphatic rings. The van der Waals surface area contributed by atoms with Gasteiger partial charge in [0.25, 0.3) is 0 Å². The number of nitrogens with zero attached hydrogens (tertiary/aromatic N) is 1. The molecule has 0 aliphatic carbocycles. The van der Waals surface area contributed by atoms with Gasteiger partial charge in [0.1, 0.15) is 0 Å². The van der Waals surface area contributed by atoms with Gasteiger partial charge in [-0.1, -0.05) is 6.92 Å². The molecule has 0 bridgehead atoms. The number of carbonyl (C=O) groups is 2. The van der Waals surface area contributed by atoms with E-state index in [1.807, 2.05) is 0 Å². The lowest BCUT2D eigenvalue weighted by atomic mass is 10.2. The van der Waals surface area contributed by atoms with Crippen LogP contribution in [0.15, 0.2) is 0 Å². The molecule has 104 valence electrons. The van der Waals surface area contributed by atoms with Crippen LogP contribution in [0.4, 0.5) is 4.79 Å². The van der Waals surface area contributed by atoms with Crippen LogP contribution in [-0.4, -0.2) is 67.9 Å². The number of morpholine rings is 1. The molecule has 0 radical (unpaired) electrons. The Morgan fingerprint density at radius 1 is 1.33 bits per heavy atom. The molecule has 1 fully saturated rings. The third-order valence-electron chi connectivity index (χ3n) is 2.81. The molecule has 0 aromatic carbocycles. The number of hydrogen-bond donors (Lipinski definition) is 3. The van der Waals surface area contributed by atoms with Gasteiger partial charge in [0.05, 0.1) is 19.1 Å². The summed E-state index contributed by atoms with van der Waals surface area (Å²) < 4.78 is 5.22. The second kappa shape index (κ2) is 7.88. The molecule has 1 saturated heterocycles. The van der Waals surface area contributed by atoms with Crippen LogP contribution in [0.5, 0.6) is 0 Å². The highest BCUT2D eigenvalue weighted by atomic mass is 16.5. The highest BCUT2D eigenvalue weighted by Crippen LogP contribution is 1.94. The first-order chi connectivity index (χ1) is 8.59. The Labute approximate surface area is 106 Å². The second-order valence-corrected chi connectivity index (χ2v) is 4.33. The Morgan fingerprint density at radius 3 is 2.61 bits per heavy atom. The summed E-state index contributed by atoms with van der Waals surface area (Å²) in [6, 6.07) is -0.323. The zero-order chi connectivity index (χ0) is 13.4. The molecule has 1 unspecified atom stereocenters. The van der Waals surface area contributed by atoms with Crippen LogP contribution in [0.25, 0.3) is 0 Å². The number of urea groups is 1. The van der Waals surface area contributed by atoms with E-state index in [0.717, 1.165) is 32.8 Å². The first-order valence-electron chi connectivity index (χ1n) is 6.14. The van der Waals surface area contributed by atoms with Crippen molar-refractivity contribution >= 4 is 12.0 Å². The van der Waals surface area contributed by atoms with Crippen LogP contribution < -0.4 is 10.6 Å². The van der Waals surface area contributed by atoms with Gasteiger partial charge in [-0.05, 0) is 0 Å². The summed E-state index contributed by atoms with van der Waals surface area (Å²) in [6.07, 6.45) is 0. The van der Waals surface area contributed by atoms with Crippen molar-refractivity contribution in [2.24, 2.45) is 5.92 Å². The van der Waals surface area contributed by atoms with Crippen LogP contribution in [0.2, 0.25) is 0 Å². The zero-order valence-corrected chi connectivity index (χ0v) is 10.6. The summed E-state index contributed by atoms with van der Waals surface area (Å²) in [6.45, 7) is 6.27. The highest BCUT2D eigenvalue weighted by Gasteiger charge is 2.12. The van der Waals surface area contributed by atoms with E-state index >= 15 is 0 Å². The number of amides is 2. The smallest absolute Gasteiger partial charge is 0.314 e. The van der Waals surface area contributed by atoms with Crippen molar-refractivity contribution < 1.29 is 19.4 Å². The maximum Gasteiger partial charge on any atom is 0.314 e. The number of carbonyl (C=O) groups excluding carboxylic acids is 1. The summed E-state index contributed by atoms with van der Waals surface area (Å²) in [5.41, 5.74) is 0. The van der Waals surface area contributed by atoms with E-state index in [-0.39, 0.29) is 12.6 Å².